The van der Waals surface area contributed by atoms with Crippen molar-refractivity contribution in [3.8, 4) is 0 Å². The smallest absolute Gasteiger partial charge is 0.223 e. The Morgan fingerprint density at radius 2 is 1.89 bits per heavy atom. The second-order valence-electron chi connectivity index (χ2n) is 4.73. The van der Waals surface area contributed by atoms with Gasteiger partial charge in [0.2, 0.25) is 5.91 Å². The third-order valence-corrected chi connectivity index (χ3v) is 2.88. The number of amides is 1. The maximum absolute atomic E-state index is 11.7. The van der Waals surface area contributed by atoms with E-state index in [1.54, 1.807) is 0 Å². The average Bonchev–Trinajstić information content (AvgIpc) is 2.36. The molecule has 0 spiro atoms. The van der Waals surface area contributed by atoms with Gasteiger partial charge in [-0.2, -0.15) is 0 Å². The van der Waals surface area contributed by atoms with Crippen molar-refractivity contribution in [1.29, 1.82) is 0 Å². The van der Waals surface area contributed by atoms with Gasteiger partial charge in [0.15, 0.2) is 0 Å². The first-order valence-corrected chi connectivity index (χ1v) is 6.17. The molecule has 0 saturated heterocycles. The van der Waals surface area contributed by atoms with Crippen LogP contribution in [0.1, 0.15) is 31.9 Å². The number of carbonyl (C=O) groups is 1. The standard InChI is InChI=1S/C14H21NO3/c1-10(2)13(17)8-14(18)15-12(9-16)11-6-4-3-5-7-11/h3-7,10,12-13,16-17H,8-9H2,1-2H3,(H,15,18)/t12-,13+/m1/s1. The lowest BCUT2D eigenvalue weighted by molar-refractivity contribution is -0.124. The first-order valence-electron chi connectivity index (χ1n) is 6.17. The highest BCUT2D eigenvalue weighted by atomic mass is 16.3. The van der Waals surface area contributed by atoms with Crippen LogP contribution in [-0.2, 0) is 4.79 Å². The van der Waals surface area contributed by atoms with Crippen molar-refractivity contribution in [3.05, 3.63) is 35.9 Å². The topological polar surface area (TPSA) is 69.6 Å². The Hall–Kier alpha value is -1.39. The molecule has 0 radical (unpaired) electrons. The van der Waals surface area contributed by atoms with Crippen molar-refractivity contribution in [2.45, 2.75) is 32.4 Å². The molecular formula is C14H21NO3. The van der Waals surface area contributed by atoms with Gasteiger partial charge in [-0.1, -0.05) is 44.2 Å². The van der Waals surface area contributed by atoms with Crippen molar-refractivity contribution in [2.24, 2.45) is 5.92 Å². The van der Waals surface area contributed by atoms with Gasteiger partial charge in [-0.3, -0.25) is 4.79 Å². The van der Waals surface area contributed by atoms with Gasteiger partial charge in [0.05, 0.1) is 25.2 Å². The average molecular weight is 251 g/mol. The molecule has 0 heterocycles. The lowest BCUT2D eigenvalue weighted by Gasteiger charge is -2.19. The third kappa shape index (κ3) is 4.47. The molecule has 0 bridgehead atoms. The van der Waals surface area contributed by atoms with Gasteiger partial charge in [-0.05, 0) is 11.5 Å². The summed E-state index contributed by atoms with van der Waals surface area (Å²) in [5, 5.41) is 21.6. The van der Waals surface area contributed by atoms with Gasteiger partial charge in [0.1, 0.15) is 0 Å². The van der Waals surface area contributed by atoms with Crippen LogP contribution in [0.2, 0.25) is 0 Å². The molecular weight excluding hydrogens is 230 g/mol. The summed E-state index contributed by atoms with van der Waals surface area (Å²) in [6.07, 6.45) is -0.596. The Bertz CT molecular complexity index is 365. The van der Waals surface area contributed by atoms with Crippen LogP contribution in [0.15, 0.2) is 30.3 Å². The number of carbonyl (C=O) groups excluding carboxylic acids is 1. The first kappa shape index (κ1) is 14.7. The number of aliphatic hydroxyl groups excluding tert-OH is 2. The molecule has 0 aromatic heterocycles. The van der Waals surface area contributed by atoms with E-state index in [1.807, 2.05) is 44.2 Å². The zero-order chi connectivity index (χ0) is 13.5. The molecule has 0 saturated carbocycles. The Morgan fingerprint density at radius 3 is 2.39 bits per heavy atom. The van der Waals surface area contributed by atoms with Gasteiger partial charge >= 0.3 is 0 Å². The van der Waals surface area contributed by atoms with Crippen LogP contribution in [0.3, 0.4) is 0 Å². The molecule has 0 aliphatic carbocycles. The summed E-state index contributed by atoms with van der Waals surface area (Å²) < 4.78 is 0. The largest absolute Gasteiger partial charge is 0.394 e. The van der Waals surface area contributed by atoms with E-state index in [9.17, 15) is 15.0 Å². The van der Waals surface area contributed by atoms with Crippen LogP contribution in [0.25, 0.3) is 0 Å². The summed E-state index contributed by atoms with van der Waals surface area (Å²) in [6, 6.07) is 8.86. The fourth-order valence-electron chi connectivity index (χ4n) is 1.60. The highest BCUT2D eigenvalue weighted by Crippen LogP contribution is 2.13. The number of aliphatic hydroxyl groups is 2. The van der Waals surface area contributed by atoms with E-state index in [1.165, 1.54) is 0 Å². The molecule has 2 atom stereocenters. The molecule has 0 unspecified atom stereocenters. The maximum Gasteiger partial charge on any atom is 0.223 e. The van der Waals surface area contributed by atoms with Gasteiger partial charge in [-0.25, -0.2) is 0 Å². The normalized spacial score (nSPS) is 14.3. The van der Waals surface area contributed by atoms with E-state index in [2.05, 4.69) is 5.32 Å². The molecule has 0 aliphatic rings. The summed E-state index contributed by atoms with van der Waals surface area (Å²) in [5.74, 6) is -0.209. The van der Waals surface area contributed by atoms with E-state index in [4.69, 9.17) is 0 Å². The van der Waals surface area contributed by atoms with Crippen molar-refractivity contribution in [2.75, 3.05) is 6.61 Å². The summed E-state index contributed by atoms with van der Waals surface area (Å²) in [6.45, 7) is 3.56. The van der Waals surface area contributed by atoms with Crippen LogP contribution < -0.4 is 5.32 Å². The minimum atomic E-state index is -0.653. The molecule has 4 nitrogen and oxygen atoms in total. The molecule has 18 heavy (non-hydrogen) atoms. The van der Waals surface area contributed by atoms with E-state index in [0.717, 1.165) is 5.56 Å². The second kappa shape index (κ2) is 7.13. The molecule has 1 aromatic carbocycles. The summed E-state index contributed by atoms with van der Waals surface area (Å²) in [7, 11) is 0. The molecule has 0 fully saturated rings. The molecule has 4 heteroatoms. The zero-order valence-electron chi connectivity index (χ0n) is 10.8. The lowest BCUT2D eigenvalue weighted by atomic mass is 10.0. The van der Waals surface area contributed by atoms with Crippen LogP contribution in [-0.4, -0.2) is 28.8 Å². The van der Waals surface area contributed by atoms with Crippen molar-refractivity contribution in [1.82, 2.24) is 5.32 Å². The number of hydrogen-bond acceptors (Lipinski definition) is 3. The highest BCUT2D eigenvalue weighted by Gasteiger charge is 2.18. The molecule has 1 amide bonds. The lowest BCUT2D eigenvalue weighted by Crippen LogP contribution is -2.34. The maximum atomic E-state index is 11.7. The van der Waals surface area contributed by atoms with Crippen molar-refractivity contribution >= 4 is 5.91 Å². The zero-order valence-corrected chi connectivity index (χ0v) is 10.8. The summed E-state index contributed by atoms with van der Waals surface area (Å²) in [5.41, 5.74) is 0.854. The van der Waals surface area contributed by atoms with Gasteiger partial charge in [0, 0.05) is 0 Å². The van der Waals surface area contributed by atoms with Crippen molar-refractivity contribution < 1.29 is 15.0 Å². The van der Waals surface area contributed by atoms with Crippen LogP contribution in [0.5, 0.6) is 0 Å². The minimum absolute atomic E-state index is 0.0417. The Balaban J connectivity index is 2.56. The predicted molar refractivity (Wildman–Crippen MR) is 69.9 cm³/mol. The molecule has 100 valence electrons. The second-order valence-corrected chi connectivity index (χ2v) is 4.73. The fourth-order valence-corrected chi connectivity index (χ4v) is 1.60. The number of hydrogen-bond donors (Lipinski definition) is 3. The monoisotopic (exact) mass is 251 g/mol. The molecule has 1 rings (SSSR count). The van der Waals surface area contributed by atoms with E-state index in [0.29, 0.717) is 0 Å². The number of nitrogens with one attached hydrogen (secondary N) is 1. The highest BCUT2D eigenvalue weighted by molar-refractivity contribution is 5.77. The van der Waals surface area contributed by atoms with Crippen molar-refractivity contribution in [3.63, 3.8) is 0 Å². The van der Waals surface area contributed by atoms with E-state index >= 15 is 0 Å². The third-order valence-electron chi connectivity index (χ3n) is 2.88. The van der Waals surface area contributed by atoms with Crippen LogP contribution in [0.4, 0.5) is 0 Å². The first-order chi connectivity index (χ1) is 8.54. The van der Waals surface area contributed by atoms with Gasteiger partial charge in [0.25, 0.3) is 0 Å². The van der Waals surface area contributed by atoms with Crippen LogP contribution >= 0.6 is 0 Å². The molecule has 1 aromatic rings. The van der Waals surface area contributed by atoms with E-state index < -0.39 is 12.1 Å². The Kier molecular flexibility index (Phi) is 5.82. The Labute approximate surface area is 108 Å². The van der Waals surface area contributed by atoms with E-state index in [-0.39, 0.29) is 24.9 Å². The number of benzene rings is 1. The predicted octanol–water partition coefficient (Wildman–Crippen LogP) is 1.24. The fraction of sp³-hybridized carbons (Fsp3) is 0.500. The molecule has 3 N–H and O–H groups in total. The SMILES string of the molecule is CC(C)[C@@H](O)CC(=O)N[C@H](CO)c1ccccc1. The summed E-state index contributed by atoms with van der Waals surface area (Å²) in [4.78, 5) is 11.7. The Morgan fingerprint density at radius 1 is 1.28 bits per heavy atom. The van der Waals surface area contributed by atoms with Crippen LogP contribution in [0, 0.1) is 5.92 Å². The quantitative estimate of drug-likeness (QED) is 0.712. The number of rotatable bonds is 6. The summed E-state index contributed by atoms with van der Waals surface area (Å²) >= 11 is 0. The van der Waals surface area contributed by atoms with Gasteiger partial charge < -0.3 is 15.5 Å². The molecule has 0 aliphatic heterocycles. The van der Waals surface area contributed by atoms with Gasteiger partial charge in [-0.15, -0.1) is 0 Å². The minimum Gasteiger partial charge on any atom is -0.394 e.